The molecule has 0 aliphatic heterocycles. The van der Waals surface area contributed by atoms with Crippen LogP contribution in [-0.4, -0.2) is 36.2 Å². The maximum atomic E-state index is 13.6. The van der Waals surface area contributed by atoms with Crippen LogP contribution in [-0.2, 0) is 6.42 Å². The van der Waals surface area contributed by atoms with E-state index in [0.29, 0.717) is 6.42 Å². The second-order valence-corrected chi connectivity index (χ2v) is 7.31. The van der Waals surface area contributed by atoms with Crippen LogP contribution in [0.3, 0.4) is 0 Å². The summed E-state index contributed by atoms with van der Waals surface area (Å²) in [6, 6.07) is 16.7. The van der Waals surface area contributed by atoms with Crippen molar-refractivity contribution in [3.05, 3.63) is 77.1 Å². The van der Waals surface area contributed by atoms with Crippen molar-refractivity contribution in [2.45, 2.75) is 24.9 Å². The molecule has 2 nitrogen and oxygen atoms in total. The topological polar surface area (TPSA) is 23.5 Å². The van der Waals surface area contributed by atoms with Gasteiger partial charge in [0.1, 0.15) is 5.82 Å². The summed E-state index contributed by atoms with van der Waals surface area (Å²) in [5, 5.41) is 11.6. The Labute approximate surface area is 149 Å². The molecule has 0 bridgehead atoms. The average Bonchev–Trinajstić information content (AvgIpc) is 2.84. The summed E-state index contributed by atoms with van der Waals surface area (Å²) in [5.74, 6) is -0.113. The molecule has 1 aliphatic rings. The molecule has 3 rings (SSSR count). The molecule has 3 heteroatoms. The van der Waals surface area contributed by atoms with Gasteiger partial charge in [0.05, 0.1) is 5.60 Å². The highest BCUT2D eigenvalue weighted by Gasteiger charge is 2.45. The Morgan fingerprint density at radius 3 is 2.60 bits per heavy atom. The van der Waals surface area contributed by atoms with Crippen LogP contribution in [0.4, 0.5) is 4.39 Å². The highest BCUT2D eigenvalue weighted by Crippen LogP contribution is 2.43. The second-order valence-electron chi connectivity index (χ2n) is 7.31. The van der Waals surface area contributed by atoms with Gasteiger partial charge in [-0.2, -0.15) is 0 Å². The van der Waals surface area contributed by atoms with E-state index in [2.05, 4.69) is 23.1 Å². The Morgan fingerprint density at radius 1 is 1.16 bits per heavy atom. The number of aliphatic hydroxyl groups is 1. The molecule has 132 valence electrons. The maximum Gasteiger partial charge on any atom is 0.123 e. The van der Waals surface area contributed by atoms with Crippen LogP contribution in [0.5, 0.6) is 0 Å². The van der Waals surface area contributed by atoms with E-state index in [0.717, 1.165) is 36.1 Å². The van der Waals surface area contributed by atoms with Crippen molar-refractivity contribution in [1.82, 2.24) is 4.90 Å². The van der Waals surface area contributed by atoms with Crippen molar-refractivity contribution in [1.29, 1.82) is 0 Å². The molecule has 0 spiro atoms. The lowest BCUT2D eigenvalue weighted by molar-refractivity contribution is 0.0256. The van der Waals surface area contributed by atoms with Crippen LogP contribution in [0.1, 0.15) is 24.0 Å². The molecule has 2 unspecified atom stereocenters. The highest BCUT2D eigenvalue weighted by molar-refractivity contribution is 5.56. The van der Waals surface area contributed by atoms with Crippen LogP contribution >= 0.6 is 0 Å². The first-order valence-electron chi connectivity index (χ1n) is 8.85. The second kappa shape index (κ2) is 7.51. The first kappa shape index (κ1) is 17.8. The molecule has 1 saturated carbocycles. The molecular formula is C22H26FNO. The predicted octanol–water partition coefficient (Wildman–Crippen LogP) is 4.15. The average molecular weight is 339 g/mol. The Bertz CT molecular complexity index is 741. The van der Waals surface area contributed by atoms with E-state index in [9.17, 15) is 9.50 Å². The molecule has 2 atom stereocenters. The molecule has 0 radical (unpaired) electrons. The number of hydrogen-bond donors (Lipinski definition) is 1. The number of halogens is 1. The van der Waals surface area contributed by atoms with E-state index in [1.54, 1.807) is 6.07 Å². The molecule has 0 amide bonds. The Kier molecular flexibility index (Phi) is 5.36. The molecule has 1 aliphatic carbocycles. The first-order valence-corrected chi connectivity index (χ1v) is 8.85. The van der Waals surface area contributed by atoms with Gasteiger partial charge in [-0.25, -0.2) is 4.39 Å². The lowest BCUT2D eigenvalue weighted by Gasteiger charge is -2.33. The van der Waals surface area contributed by atoms with E-state index in [1.165, 1.54) is 12.1 Å². The van der Waals surface area contributed by atoms with Crippen molar-refractivity contribution >= 4 is 6.08 Å². The first-order chi connectivity index (χ1) is 12.0. The fraction of sp³-hybridized carbons (Fsp3) is 0.364. The van der Waals surface area contributed by atoms with Crippen LogP contribution in [0.25, 0.3) is 6.08 Å². The van der Waals surface area contributed by atoms with E-state index in [1.807, 2.05) is 38.4 Å². The zero-order valence-corrected chi connectivity index (χ0v) is 15.0. The monoisotopic (exact) mass is 339 g/mol. The third-order valence-corrected chi connectivity index (χ3v) is 5.08. The lowest BCUT2D eigenvalue weighted by Crippen LogP contribution is -2.42. The smallest absolute Gasteiger partial charge is 0.123 e. The SMILES string of the molecule is CN(C)CC1CC/C(=C/c2ccccc2)C1(O)Cc1cccc(F)c1. The van der Waals surface area contributed by atoms with Gasteiger partial charge in [-0.05, 0) is 55.8 Å². The van der Waals surface area contributed by atoms with Crippen molar-refractivity contribution < 1.29 is 9.50 Å². The van der Waals surface area contributed by atoms with Crippen LogP contribution in [0, 0.1) is 11.7 Å². The van der Waals surface area contributed by atoms with Gasteiger partial charge in [0.2, 0.25) is 0 Å². The van der Waals surface area contributed by atoms with Gasteiger partial charge in [-0.3, -0.25) is 0 Å². The fourth-order valence-electron chi connectivity index (χ4n) is 3.89. The van der Waals surface area contributed by atoms with Crippen LogP contribution in [0.2, 0.25) is 0 Å². The normalized spacial score (nSPS) is 25.0. The molecular weight excluding hydrogens is 313 g/mol. The molecule has 1 N–H and O–H groups in total. The molecule has 1 fully saturated rings. The summed E-state index contributed by atoms with van der Waals surface area (Å²) >= 11 is 0. The van der Waals surface area contributed by atoms with Crippen molar-refractivity contribution in [2.75, 3.05) is 20.6 Å². The Hall–Kier alpha value is -1.97. The van der Waals surface area contributed by atoms with E-state index in [4.69, 9.17) is 0 Å². The quantitative estimate of drug-likeness (QED) is 0.884. The maximum absolute atomic E-state index is 13.6. The van der Waals surface area contributed by atoms with E-state index < -0.39 is 5.60 Å². The summed E-state index contributed by atoms with van der Waals surface area (Å²) in [6.45, 7) is 0.817. The summed E-state index contributed by atoms with van der Waals surface area (Å²) in [4.78, 5) is 2.12. The third-order valence-electron chi connectivity index (χ3n) is 5.08. The molecule has 0 saturated heterocycles. The van der Waals surface area contributed by atoms with Crippen LogP contribution in [0.15, 0.2) is 60.2 Å². The zero-order chi connectivity index (χ0) is 17.9. The fourth-order valence-corrected chi connectivity index (χ4v) is 3.89. The van der Waals surface area contributed by atoms with Gasteiger partial charge >= 0.3 is 0 Å². The number of rotatable bonds is 5. The minimum absolute atomic E-state index is 0.140. The number of nitrogens with zero attached hydrogens (tertiary/aromatic N) is 1. The standard InChI is InChI=1S/C22H26FNO/c1-24(2)16-20-12-11-19(13-17-7-4-3-5-8-17)22(20,25)15-18-9-6-10-21(23)14-18/h3-10,13-14,20,25H,11-12,15-16H2,1-2H3/b19-13-. The van der Waals surface area contributed by atoms with Crippen molar-refractivity contribution in [3.8, 4) is 0 Å². The van der Waals surface area contributed by atoms with Crippen molar-refractivity contribution in [3.63, 3.8) is 0 Å². The summed E-state index contributed by atoms with van der Waals surface area (Å²) in [5.41, 5.74) is 2.05. The summed E-state index contributed by atoms with van der Waals surface area (Å²) < 4.78 is 13.6. The van der Waals surface area contributed by atoms with Gasteiger partial charge in [0.25, 0.3) is 0 Å². The molecule has 0 heterocycles. The van der Waals surface area contributed by atoms with Gasteiger partial charge in [-0.1, -0.05) is 48.5 Å². The zero-order valence-electron chi connectivity index (χ0n) is 15.0. The Balaban J connectivity index is 1.95. The molecule has 2 aromatic rings. The Morgan fingerprint density at radius 2 is 1.92 bits per heavy atom. The minimum atomic E-state index is -0.937. The van der Waals surface area contributed by atoms with Gasteiger partial charge in [0, 0.05) is 18.9 Å². The molecule has 25 heavy (non-hydrogen) atoms. The predicted molar refractivity (Wildman–Crippen MR) is 101 cm³/mol. The van der Waals surface area contributed by atoms with Gasteiger partial charge in [0.15, 0.2) is 0 Å². The lowest BCUT2D eigenvalue weighted by atomic mass is 9.81. The number of hydrogen-bond acceptors (Lipinski definition) is 2. The number of benzene rings is 2. The van der Waals surface area contributed by atoms with E-state index >= 15 is 0 Å². The molecule has 2 aromatic carbocycles. The summed E-state index contributed by atoms with van der Waals surface area (Å²) in [7, 11) is 4.06. The molecule has 0 aromatic heterocycles. The van der Waals surface area contributed by atoms with Crippen molar-refractivity contribution in [2.24, 2.45) is 5.92 Å². The minimum Gasteiger partial charge on any atom is -0.385 e. The van der Waals surface area contributed by atoms with E-state index in [-0.39, 0.29) is 11.7 Å². The third kappa shape index (κ3) is 4.17. The highest BCUT2D eigenvalue weighted by atomic mass is 19.1. The van der Waals surface area contributed by atoms with Crippen LogP contribution < -0.4 is 0 Å². The van der Waals surface area contributed by atoms with Gasteiger partial charge < -0.3 is 10.0 Å². The summed E-state index contributed by atoms with van der Waals surface area (Å²) in [6.07, 6.45) is 4.37. The van der Waals surface area contributed by atoms with Gasteiger partial charge in [-0.15, -0.1) is 0 Å². The largest absolute Gasteiger partial charge is 0.385 e.